The number of aryl methyl sites for hydroxylation is 1. The van der Waals surface area contributed by atoms with E-state index in [1.54, 1.807) is 13.8 Å². The fraction of sp³-hybridized carbons (Fsp3) is 0.111. The Balaban J connectivity index is 1.88. The van der Waals surface area contributed by atoms with Crippen LogP contribution in [0.3, 0.4) is 0 Å². The minimum Gasteiger partial charge on any atom is -0.410 e. The molecule has 2 N–H and O–H groups in total. The second-order valence-electron chi connectivity index (χ2n) is 5.50. The van der Waals surface area contributed by atoms with Crippen LogP contribution in [0, 0.1) is 6.92 Å². The maximum atomic E-state index is 9.50. The van der Waals surface area contributed by atoms with Gasteiger partial charge in [0.1, 0.15) is 5.69 Å². The molecule has 0 unspecified atom stereocenters. The van der Waals surface area contributed by atoms with Crippen LogP contribution in [-0.4, -0.2) is 31.6 Å². The van der Waals surface area contributed by atoms with E-state index in [-0.39, 0.29) is 5.71 Å². The van der Waals surface area contributed by atoms with Gasteiger partial charge in [-0.1, -0.05) is 35.5 Å². The van der Waals surface area contributed by atoms with Crippen molar-refractivity contribution in [2.75, 3.05) is 5.43 Å². The van der Waals surface area contributed by atoms with Crippen LogP contribution in [0.15, 0.2) is 69.3 Å². The molecule has 0 aliphatic heterocycles. The summed E-state index contributed by atoms with van der Waals surface area (Å²) in [7, 11) is 0. The van der Waals surface area contributed by atoms with Gasteiger partial charge in [-0.3, -0.25) is 5.43 Å². The Morgan fingerprint density at radius 2 is 1.77 bits per heavy atom. The minimum atomic E-state index is 0.254. The van der Waals surface area contributed by atoms with Crippen LogP contribution in [0.5, 0.6) is 0 Å². The molecular weight excluding hydrogens is 396 g/mol. The maximum absolute atomic E-state index is 9.50. The summed E-state index contributed by atoms with van der Waals surface area (Å²) in [6.45, 7) is 3.54. The molecule has 8 heteroatoms. The van der Waals surface area contributed by atoms with Crippen molar-refractivity contribution in [2.45, 2.75) is 13.8 Å². The third-order valence-corrected chi connectivity index (χ3v) is 4.35. The lowest BCUT2D eigenvalue weighted by Crippen LogP contribution is -2.16. The summed E-state index contributed by atoms with van der Waals surface area (Å²) >= 11 is 3.45. The molecule has 3 aromatic rings. The fourth-order valence-corrected chi connectivity index (χ4v) is 2.69. The van der Waals surface area contributed by atoms with Crippen LogP contribution in [0.2, 0.25) is 0 Å². The molecule has 0 fully saturated rings. The van der Waals surface area contributed by atoms with Gasteiger partial charge in [0, 0.05) is 4.47 Å². The predicted octanol–water partition coefficient (Wildman–Crippen LogP) is 4.00. The van der Waals surface area contributed by atoms with Crippen molar-refractivity contribution in [2.24, 2.45) is 10.3 Å². The standard InChI is InChI=1S/C18H17BrN6O/c1-12(20-21-16-11-7-6-10-15(16)19)18(24-26)17-13(2)22-25(23-17)14-8-4-3-5-9-14/h3-11,21,26H,1-2H3/b20-12+,24-18-. The highest BCUT2D eigenvalue weighted by molar-refractivity contribution is 9.10. The van der Waals surface area contributed by atoms with E-state index in [1.165, 1.54) is 4.80 Å². The van der Waals surface area contributed by atoms with Crippen LogP contribution in [0.25, 0.3) is 5.69 Å². The number of halogens is 1. The average molecular weight is 413 g/mol. The molecule has 7 nitrogen and oxygen atoms in total. The van der Waals surface area contributed by atoms with Crippen LogP contribution in [-0.2, 0) is 0 Å². The molecule has 0 aliphatic rings. The van der Waals surface area contributed by atoms with Crippen LogP contribution in [0.4, 0.5) is 5.69 Å². The van der Waals surface area contributed by atoms with Gasteiger partial charge in [-0.25, -0.2) is 0 Å². The van der Waals surface area contributed by atoms with Crippen molar-refractivity contribution in [1.29, 1.82) is 0 Å². The molecule has 1 heterocycles. The van der Waals surface area contributed by atoms with Gasteiger partial charge >= 0.3 is 0 Å². The lowest BCUT2D eigenvalue weighted by Gasteiger charge is -2.05. The third-order valence-electron chi connectivity index (χ3n) is 3.65. The minimum absolute atomic E-state index is 0.254. The molecule has 0 radical (unpaired) electrons. The molecule has 0 amide bonds. The van der Waals surface area contributed by atoms with Gasteiger partial charge in [-0.05, 0) is 54.0 Å². The summed E-state index contributed by atoms with van der Waals surface area (Å²) in [6, 6.07) is 17.1. The number of benzene rings is 2. The van der Waals surface area contributed by atoms with E-state index in [2.05, 4.69) is 41.8 Å². The smallest absolute Gasteiger partial charge is 0.155 e. The Bertz CT molecular complexity index is 965. The number of hydrogen-bond acceptors (Lipinski definition) is 6. The summed E-state index contributed by atoms with van der Waals surface area (Å²) in [6.07, 6.45) is 0. The van der Waals surface area contributed by atoms with E-state index in [1.807, 2.05) is 54.6 Å². The number of para-hydroxylation sites is 2. The van der Waals surface area contributed by atoms with E-state index in [9.17, 15) is 5.21 Å². The first-order valence-corrected chi connectivity index (χ1v) is 8.66. The normalized spacial score (nSPS) is 12.3. The molecule has 2 aromatic carbocycles. The van der Waals surface area contributed by atoms with E-state index >= 15 is 0 Å². The first kappa shape index (κ1) is 17.8. The zero-order chi connectivity index (χ0) is 18.5. The highest BCUT2D eigenvalue weighted by Gasteiger charge is 2.18. The van der Waals surface area contributed by atoms with Crippen molar-refractivity contribution < 1.29 is 5.21 Å². The van der Waals surface area contributed by atoms with Crippen molar-refractivity contribution in [3.05, 3.63) is 70.5 Å². The number of nitrogens with one attached hydrogen (secondary N) is 1. The summed E-state index contributed by atoms with van der Waals surface area (Å²) in [5.41, 5.74) is 6.40. The summed E-state index contributed by atoms with van der Waals surface area (Å²) < 4.78 is 0.880. The molecule has 0 spiro atoms. The maximum Gasteiger partial charge on any atom is 0.155 e. The Labute approximate surface area is 159 Å². The molecule has 1 aromatic heterocycles. The molecule has 0 saturated carbocycles. The zero-order valence-corrected chi connectivity index (χ0v) is 15.8. The van der Waals surface area contributed by atoms with Crippen LogP contribution < -0.4 is 5.43 Å². The van der Waals surface area contributed by atoms with Crippen molar-refractivity contribution in [1.82, 2.24) is 15.0 Å². The Kier molecular flexibility index (Phi) is 5.43. The highest BCUT2D eigenvalue weighted by atomic mass is 79.9. The zero-order valence-electron chi connectivity index (χ0n) is 14.3. The third kappa shape index (κ3) is 3.80. The van der Waals surface area contributed by atoms with Crippen molar-refractivity contribution in [3.63, 3.8) is 0 Å². The lowest BCUT2D eigenvalue weighted by molar-refractivity contribution is 0.320. The quantitative estimate of drug-likeness (QED) is 0.376. The fourth-order valence-electron chi connectivity index (χ4n) is 2.31. The molecule has 0 saturated heterocycles. The van der Waals surface area contributed by atoms with Gasteiger partial charge in [0.05, 0.1) is 22.8 Å². The lowest BCUT2D eigenvalue weighted by atomic mass is 10.1. The number of hydrogen-bond donors (Lipinski definition) is 2. The second kappa shape index (κ2) is 7.92. The van der Waals surface area contributed by atoms with Gasteiger partial charge in [-0.15, -0.1) is 5.10 Å². The Morgan fingerprint density at radius 1 is 1.08 bits per heavy atom. The number of aromatic nitrogens is 3. The average Bonchev–Trinajstić information content (AvgIpc) is 3.04. The van der Waals surface area contributed by atoms with E-state index in [0.29, 0.717) is 17.1 Å². The second-order valence-corrected chi connectivity index (χ2v) is 6.35. The predicted molar refractivity (Wildman–Crippen MR) is 105 cm³/mol. The number of rotatable bonds is 5. The first-order valence-electron chi connectivity index (χ1n) is 7.87. The van der Waals surface area contributed by atoms with Gasteiger partial charge in [0.2, 0.25) is 0 Å². The van der Waals surface area contributed by atoms with E-state index in [0.717, 1.165) is 15.8 Å². The summed E-state index contributed by atoms with van der Waals surface area (Å²) in [5, 5.41) is 26.0. The van der Waals surface area contributed by atoms with Crippen molar-refractivity contribution >= 4 is 33.0 Å². The van der Waals surface area contributed by atoms with Gasteiger partial charge in [-0.2, -0.15) is 15.0 Å². The van der Waals surface area contributed by atoms with Gasteiger partial charge < -0.3 is 5.21 Å². The molecule has 0 aliphatic carbocycles. The molecule has 26 heavy (non-hydrogen) atoms. The summed E-state index contributed by atoms with van der Waals surface area (Å²) in [5.74, 6) is 0. The largest absolute Gasteiger partial charge is 0.410 e. The first-order chi connectivity index (χ1) is 12.6. The molecule has 0 atom stereocenters. The Morgan fingerprint density at radius 3 is 2.46 bits per heavy atom. The van der Waals surface area contributed by atoms with Crippen molar-refractivity contribution in [3.8, 4) is 5.69 Å². The van der Waals surface area contributed by atoms with Crippen LogP contribution in [0.1, 0.15) is 18.3 Å². The molecular formula is C18H17BrN6O. The number of anilines is 1. The number of oxime groups is 1. The van der Waals surface area contributed by atoms with E-state index < -0.39 is 0 Å². The topological polar surface area (TPSA) is 87.7 Å². The summed E-state index contributed by atoms with van der Waals surface area (Å²) in [4.78, 5) is 1.50. The SMILES string of the molecule is CC(=N\Nc1ccccc1Br)/C(=N/O)c1nn(-c2ccccc2)nc1C. The monoisotopic (exact) mass is 412 g/mol. The molecule has 0 bridgehead atoms. The highest BCUT2D eigenvalue weighted by Crippen LogP contribution is 2.21. The molecule has 132 valence electrons. The molecule has 3 rings (SSSR count). The van der Waals surface area contributed by atoms with Crippen LogP contribution >= 0.6 is 15.9 Å². The number of hydrazone groups is 1. The van der Waals surface area contributed by atoms with E-state index in [4.69, 9.17) is 0 Å². The van der Waals surface area contributed by atoms with Gasteiger partial charge in [0.15, 0.2) is 5.71 Å². The van der Waals surface area contributed by atoms with Gasteiger partial charge in [0.25, 0.3) is 0 Å². The number of nitrogens with zero attached hydrogens (tertiary/aromatic N) is 5. The Hall–Kier alpha value is -3.00.